The summed E-state index contributed by atoms with van der Waals surface area (Å²) in [7, 11) is 0. The van der Waals surface area contributed by atoms with Gasteiger partial charge in [0.25, 0.3) is 0 Å². The largest absolute Gasteiger partial charge is 0.455 e. The molecule has 0 N–H and O–H groups in total. The molecule has 12 aromatic carbocycles. The molecule has 0 bridgehead atoms. The maximum atomic E-state index is 7.65. The van der Waals surface area contributed by atoms with Crippen LogP contribution in [0.1, 0.15) is 22.3 Å². The summed E-state index contributed by atoms with van der Waals surface area (Å²) >= 11 is 1.87. The Bertz CT molecular complexity index is 4140. The van der Waals surface area contributed by atoms with Crippen LogP contribution >= 0.6 is 11.3 Å². The van der Waals surface area contributed by atoms with E-state index < -0.39 is 5.41 Å². The van der Waals surface area contributed by atoms with Gasteiger partial charge in [0.15, 0.2) is 0 Å². The second-order valence-corrected chi connectivity index (χ2v) is 19.2. The van der Waals surface area contributed by atoms with Gasteiger partial charge in [-0.05, 0) is 96.5 Å². The Kier molecular flexibility index (Phi) is 7.90. The number of rotatable bonds is 4. The molecule has 0 saturated carbocycles. The molecule has 68 heavy (non-hydrogen) atoms. The summed E-state index contributed by atoms with van der Waals surface area (Å²) in [4.78, 5) is 2.48. The third-order valence-electron chi connectivity index (χ3n) is 14.9. The lowest BCUT2D eigenvalue weighted by Gasteiger charge is -2.42. The molecule has 0 unspecified atom stereocenters. The Hall–Kier alpha value is -8.50. The van der Waals surface area contributed by atoms with Crippen LogP contribution in [0.25, 0.3) is 85.5 Å². The molecule has 0 amide bonds. The van der Waals surface area contributed by atoms with Crippen LogP contribution in [0.3, 0.4) is 0 Å². The molecule has 1 aromatic heterocycles. The Morgan fingerprint density at radius 2 is 0.824 bits per heavy atom. The van der Waals surface area contributed by atoms with Crippen LogP contribution in [0.4, 0.5) is 17.1 Å². The van der Waals surface area contributed by atoms with Crippen LogP contribution in [0.15, 0.2) is 237 Å². The van der Waals surface area contributed by atoms with E-state index in [0.717, 1.165) is 50.5 Å². The average molecular weight is 882 g/mol. The van der Waals surface area contributed by atoms with Gasteiger partial charge < -0.3 is 9.64 Å². The van der Waals surface area contributed by atoms with E-state index in [9.17, 15) is 0 Å². The second-order valence-electron chi connectivity index (χ2n) is 18.2. The quantitative estimate of drug-likeness (QED) is 0.163. The molecular formula is C65H39NOS. The monoisotopic (exact) mass is 881 g/mol. The molecule has 0 saturated heterocycles. The van der Waals surface area contributed by atoms with Crippen LogP contribution in [0.5, 0.6) is 11.5 Å². The lowest BCUT2D eigenvalue weighted by molar-refractivity contribution is 0.451. The van der Waals surface area contributed by atoms with E-state index in [1.54, 1.807) is 0 Å². The normalized spacial score (nSPS) is 13.2. The standard InChI is InChI=1S/C65H39NOS/c1-2-19-41(20-3-1)66(58-35-18-32-54-49-27-14-17-36-59(49)68-64(54)58)57-34-16-13-21-42(57)40-37-38-48-47-26-12-15-33-55(47)65(56(48)39-40)60-50-28-8-4-22-43(50)45-24-6-10-30-52(45)62(60)67-63-53-31-11-7-25-46(53)44-23-5-9-29-51(44)61(63)65/h1-39H. The van der Waals surface area contributed by atoms with Crippen molar-refractivity contribution in [3.8, 4) is 33.8 Å². The number of nitrogens with zero attached hydrogens (tertiary/aromatic N) is 1. The van der Waals surface area contributed by atoms with Gasteiger partial charge in [0.1, 0.15) is 11.5 Å². The number of para-hydroxylation sites is 2. The molecule has 1 aliphatic heterocycles. The minimum Gasteiger partial charge on any atom is -0.455 e. The highest BCUT2D eigenvalue weighted by Crippen LogP contribution is 2.67. The van der Waals surface area contributed by atoms with Gasteiger partial charge >= 0.3 is 0 Å². The van der Waals surface area contributed by atoms with Gasteiger partial charge in [-0.2, -0.15) is 0 Å². The molecule has 0 fully saturated rings. The van der Waals surface area contributed by atoms with Crippen molar-refractivity contribution in [1.29, 1.82) is 0 Å². The molecule has 15 rings (SSSR count). The van der Waals surface area contributed by atoms with Crippen LogP contribution in [0, 0.1) is 0 Å². The van der Waals surface area contributed by atoms with Gasteiger partial charge in [-0.15, -0.1) is 11.3 Å². The summed E-state index contributed by atoms with van der Waals surface area (Å²) in [6.07, 6.45) is 0. The fourth-order valence-corrected chi connectivity index (χ4v) is 13.4. The molecule has 0 atom stereocenters. The average Bonchev–Trinajstić information content (AvgIpc) is 3.93. The van der Waals surface area contributed by atoms with Gasteiger partial charge in [-0.25, -0.2) is 0 Å². The van der Waals surface area contributed by atoms with Gasteiger partial charge in [-0.3, -0.25) is 0 Å². The van der Waals surface area contributed by atoms with Crippen molar-refractivity contribution in [2.45, 2.75) is 5.41 Å². The Balaban J connectivity index is 1.08. The summed E-state index contributed by atoms with van der Waals surface area (Å²) in [5.74, 6) is 1.85. The number of hydrogen-bond acceptors (Lipinski definition) is 3. The first-order chi connectivity index (χ1) is 33.8. The second kappa shape index (κ2) is 14.3. The SMILES string of the molecule is c1ccc(N(c2ccccc2-c2ccc3c(c2)C2(c4ccccc4-3)c3c(c4ccccc4c4ccccc34)Oc3c2c2ccccc2c2ccccc32)c2cccc3c2sc2ccccc23)cc1. The zero-order valence-corrected chi connectivity index (χ0v) is 37.6. The van der Waals surface area contributed by atoms with E-state index in [1.807, 2.05) is 11.3 Å². The molecule has 2 nitrogen and oxygen atoms in total. The first-order valence-corrected chi connectivity index (χ1v) is 24.2. The Morgan fingerprint density at radius 3 is 1.50 bits per heavy atom. The minimum atomic E-state index is -0.769. The summed E-state index contributed by atoms with van der Waals surface area (Å²) < 4.78 is 10.2. The lowest BCUT2D eigenvalue weighted by Crippen LogP contribution is -2.33. The van der Waals surface area contributed by atoms with Gasteiger partial charge in [0.05, 0.1) is 21.5 Å². The fourth-order valence-electron chi connectivity index (χ4n) is 12.2. The zero-order valence-electron chi connectivity index (χ0n) is 36.8. The predicted molar refractivity (Wildman–Crippen MR) is 287 cm³/mol. The molecule has 0 radical (unpaired) electrons. The third-order valence-corrected chi connectivity index (χ3v) is 16.1. The number of thiophene rings is 1. The molecule has 2 heterocycles. The maximum absolute atomic E-state index is 7.65. The third kappa shape index (κ3) is 5.01. The van der Waals surface area contributed by atoms with Gasteiger partial charge in [-0.1, -0.05) is 200 Å². The van der Waals surface area contributed by atoms with Crippen molar-refractivity contribution < 1.29 is 4.74 Å². The fraction of sp³-hybridized carbons (Fsp3) is 0.0154. The highest BCUT2D eigenvalue weighted by molar-refractivity contribution is 7.26. The molecule has 2 aliphatic rings. The Morgan fingerprint density at radius 1 is 0.338 bits per heavy atom. The van der Waals surface area contributed by atoms with E-state index in [1.165, 1.54) is 85.9 Å². The van der Waals surface area contributed by atoms with Crippen molar-refractivity contribution in [2.75, 3.05) is 4.90 Å². The zero-order chi connectivity index (χ0) is 44.5. The molecule has 1 aliphatic carbocycles. The van der Waals surface area contributed by atoms with Crippen LogP contribution in [-0.2, 0) is 5.41 Å². The summed E-state index contributed by atoms with van der Waals surface area (Å²) in [6.45, 7) is 0. The first-order valence-electron chi connectivity index (χ1n) is 23.4. The van der Waals surface area contributed by atoms with Crippen molar-refractivity contribution in [3.05, 3.63) is 259 Å². The van der Waals surface area contributed by atoms with E-state index in [0.29, 0.717) is 0 Å². The first kappa shape index (κ1) is 37.7. The highest BCUT2D eigenvalue weighted by atomic mass is 32.1. The predicted octanol–water partition coefficient (Wildman–Crippen LogP) is 18.3. The van der Waals surface area contributed by atoms with Crippen LogP contribution in [0.2, 0.25) is 0 Å². The van der Waals surface area contributed by atoms with Gasteiger partial charge in [0, 0.05) is 48.6 Å². The molecular weight excluding hydrogens is 843 g/mol. The number of fused-ring (bicyclic) bond motifs is 22. The van der Waals surface area contributed by atoms with Crippen molar-refractivity contribution in [2.24, 2.45) is 0 Å². The van der Waals surface area contributed by atoms with E-state index in [-0.39, 0.29) is 0 Å². The van der Waals surface area contributed by atoms with Gasteiger partial charge in [0.2, 0.25) is 0 Å². The van der Waals surface area contributed by atoms with E-state index >= 15 is 0 Å². The molecule has 316 valence electrons. The Labute approximate surface area is 397 Å². The van der Waals surface area contributed by atoms with Crippen molar-refractivity contribution >= 4 is 91.7 Å². The highest BCUT2D eigenvalue weighted by Gasteiger charge is 2.54. The van der Waals surface area contributed by atoms with E-state index in [2.05, 4.69) is 241 Å². The van der Waals surface area contributed by atoms with Crippen LogP contribution in [-0.4, -0.2) is 0 Å². The number of anilines is 3. The number of benzene rings is 12. The number of ether oxygens (including phenoxy) is 1. The topological polar surface area (TPSA) is 12.5 Å². The minimum absolute atomic E-state index is 0.769. The molecule has 3 heteroatoms. The summed E-state index contributed by atoms with van der Waals surface area (Å²) in [5.41, 5.74) is 12.3. The number of hydrogen-bond donors (Lipinski definition) is 0. The lowest BCUT2D eigenvalue weighted by atomic mass is 9.62. The molecule has 1 spiro atoms. The molecule has 13 aromatic rings. The maximum Gasteiger partial charge on any atom is 0.140 e. The summed E-state index contributed by atoms with van der Waals surface area (Å²) in [6, 6.07) is 87.5. The smallest absolute Gasteiger partial charge is 0.140 e. The van der Waals surface area contributed by atoms with Crippen molar-refractivity contribution in [3.63, 3.8) is 0 Å². The van der Waals surface area contributed by atoms with Crippen molar-refractivity contribution in [1.82, 2.24) is 0 Å². The summed E-state index contributed by atoms with van der Waals surface area (Å²) in [5, 5.41) is 12.0. The van der Waals surface area contributed by atoms with Crippen LogP contribution < -0.4 is 9.64 Å². The van der Waals surface area contributed by atoms with E-state index in [4.69, 9.17) is 4.74 Å².